The van der Waals surface area contributed by atoms with Gasteiger partial charge in [-0.05, 0) is 40.8 Å². The maximum atomic E-state index is 12.0. The van der Waals surface area contributed by atoms with E-state index in [1.807, 2.05) is 11.4 Å². The lowest BCUT2D eigenvalue weighted by atomic mass is 10.2. The Morgan fingerprint density at radius 3 is 2.73 bits per heavy atom. The molecule has 2 heterocycles. The molecule has 2 aromatic rings. The van der Waals surface area contributed by atoms with Crippen molar-refractivity contribution < 1.29 is 4.79 Å². The summed E-state index contributed by atoms with van der Waals surface area (Å²) in [6, 6.07) is 2.08. The maximum Gasteiger partial charge on any atom is 0.270 e. The first-order chi connectivity index (χ1) is 9.63. The molecule has 1 unspecified atom stereocenters. The number of aromatic nitrogens is 1. The quantitative estimate of drug-likeness (QED) is 0.733. The van der Waals surface area contributed by atoms with Crippen LogP contribution in [0.25, 0.3) is 9.88 Å². The lowest BCUT2D eigenvalue weighted by Gasteiger charge is -2.10. The summed E-state index contributed by atoms with van der Waals surface area (Å²) in [7, 11) is 0. The molecule has 0 spiro atoms. The Morgan fingerprint density at radius 1 is 1.41 bits per heavy atom. The van der Waals surface area contributed by atoms with Crippen molar-refractivity contribution in [1.29, 1.82) is 0 Å². The number of thiazole rings is 1. The van der Waals surface area contributed by atoms with Crippen LogP contribution < -0.4 is 11.1 Å². The standard InChI is InChI=1S/C13H14BrN3OS2.2ClH/c14-8-3-11(19-5-8)13-17-10(6-20-13)12(18)16-4-9(15)7-1-2-7;;/h3,5-7,9H,1-2,4,15H2,(H,16,18);2*1H. The van der Waals surface area contributed by atoms with Crippen LogP contribution in [-0.2, 0) is 0 Å². The van der Waals surface area contributed by atoms with E-state index in [4.69, 9.17) is 5.73 Å². The van der Waals surface area contributed by atoms with E-state index in [9.17, 15) is 4.79 Å². The molecule has 0 aliphatic heterocycles. The molecule has 1 amide bonds. The largest absolute Gasteiger partial charge is 0.349 e. The van der Waals surface area contributed by atoms with E-state index >= 15 is 0 Å². The van der Waals surface area contributed by atoms with E-state index in [-0.39, 0.29) is 36.8 Å². The third-order valence-corrected chi connectivity index (χ3v) is 5.94. The fourth-order valence-corrected chi connectivity index (χ4v) is 4.22. The molecule has 9 heteroatoms. The van der Waals surface area contributed by atoms with Crippen molar-refractivity contribution in [3.05, 3.63) is 27.0 Å². The average molecular weight is 445 g/mol. The third kappa shape index (κ3) is 4.91. The van der Waals surface area contributed by atoms with E-state index in [0.29, 0.717) is 18.2 Å². The van der Waals surface area contributed by atoms with Crippen molar-refractivity contribution >= 4 is 69.3 Å². The number of halogens is 3. The maximum absolute atomic E-state index is 12.0. The Morgan fingerprint density at radius 2 is 2.14 bits per heavy atom. The topological polar surface area (TPSA) is 68.0 Å². The minimum Gasteiger partial charge on any atom is -0.349 e. The molecule has 1 aliphatic rings. The van der Waals surface area contributed by atoms with Gasteiger partial charge in [0.05, 0.1) is 4.88 Å². The van der Waals surface area contributed by atoms with E-state index in [0.717, 1.165) is 14.4 Å². The number of carbonyl (C=O) groups is 1. The zero-order chi connectivity index (χ0) is 14.1. The molecule has 122 valence electrons. The number of nitrogens with one attached hydrogen (secondary N) is 1. The summed E-state index contributed by atoms with van der Waals surface area (Å²) in [5.74, 6) is 0.448. The summed E-state index contributed by atoms with van der Waals surface area (Å²) in [4.78, 5) is 17.5. The molecular weight excluding hydrogens is 429 g/mol. The Balaban J connectivity index is 0.00000121. The van der Waals surface area contributed by atoms with Gasteiger partial charge in [-0.3, -0.25) is 4.79 Å². The molecule has 0 saturated heterocycles. The number of hydrogen-bond donors (Lipinski definition) is 2. The highest BCUT2D eigenvalue weighted by Crippen LogP contribution is 2.32. The first-order valence-corrected chi connectivity index (χ1v) is 8.92. The molecule has 22 heavy (non-hydrogen) atoms. The number of thiophene rings is 1. The average Bonchev–Trinajstić information content (AvgIpc) is 3.01. The third-order valence-electron chi connectivity index (χ3n) is 3.24. The number of nitrogens with zero attached hydrogens (tertiary/aromatic N) is 1. The predicted molar refractivity (Wildman–Crippen MR) is 101 cm³/mol. The van der Waals surface area contributed by atoms with E-state index in [2.05, 4.69) is 26.2 Å². The molecular formula is C13H16BrCl2N3OS2. The van der Waals surface area contributed by atoms with E-state index < -0.39 is 0 Å². The van der Waals surface area contributed by atoms with E-state index in [1.54, 1.807) is 16.7 Å². The lowest BCUT2D eigenvalue weighted by molar-refractivity contribution is 0.0946. The Kier molecular flexibility index (Phi) is 7.78. The summed E-state index contributed by atoms with van der Waals surface area (Å²) in [6.45, 7) is 0.529. The molecule has 1 aliphatic carbocycles. The van der Waals surface area contributed by atoms with Gasteiger partial charge in [0.15, 0.2) is 0 Å². The summed E-state index contributed by atoms with van der Waals surface area (Å²) in [6.07, 6.45) is 2.37. The van der Waals surface area contributed by atoms with Crippen LogP contribution in [0.2, 0.25) is 0 Å². The molecule has 1 fully saturated rings. The van der Waals surface area contributed by atoms with Gasteiger partial charge in [0.1, 0.15) is 10.7 Å². The van der Waals surface area contributed by atoms with Crippen molar-refractivity contribution in [1.82, 2.24) is 10.3 Å². The minimum atomic E-state index is -0.140. The first kappa shape index (κ1) is 19.9. The van der Waals surface area contributed by atoms with Crippen LogP contribution in [0, 0.1) is 5.92 Å². The van der Waals surface area contributed by atoms with Crippen molar-refractivity contribution in [2.75, 3.05) is 6.54 Å². The molecule has 0 radical (unpaired) electrons. The fourth-order valence-electron chi connectivity index (χ4n) is 1.91. The smallest absolute Gasteiger partial charge is 0.270 e. The van der Waals surface area contributed by atoms with Crippen molar-refractivity contribution in [2.45, 2.75) is 18.9 Å². The van der Waals surface area contributed by atoms with Gasteiger partial charge in [-0.1, -0.05) is 0 Å². The number of carbonyl (C=O) groups excluding carboxylic acids is 1. The highest BCUT2D eigenvalue weighted by molar-refractivity contribution is 9.10. The Labute approximate surface area is 157 Å². The van der Waals surface area contributed by atoms with Gasteiger partial charge in [0, 0.05) is 27.8 Å². The second-order valence-electron chi connectivity index (χ2n) is 4.88. The molecule has 4 nitrogen and oxygen atoms in total. The van der Waals surface area contributed by atoms with Gasteiger partial charge >= 0.3 is 0 Å². The molecule has 0 bridgehead atoms. The summed E-state index contributed by atoms with van der Waals surface area (Å²) in [5, 5.41) is 7.53. The first-order valence-electron chi connectivity index (χ1n) is 6.37. The number of amides is 1. The SMILES string of the molecule is Cl.Cl.NC(CNC(=O)c1csc(-c2cc(Br)cs2)n1)C1CC1. The molecule has 2 aromatic heterocycles. The zero-order valence-corrected chi connectivity index (χ0v) is 16.3. The van der Waals surface area contributed by atoms with Gasteiger partial charge in [-0.15, -0.1) is 47.5 Å². The number of rotatable bonds is 5. The van der Waals surface area contributed by atoms with Crippen LogP contribution >= 0.6 is 63.4 Å². The Hall–Kier alpha value is -0.180. The molecule has 1 saturated carbocycles. The highest BCUT2D eigenvalue weighted by Gasteiger charge is 2.28. The van der Waals surface area contributed by atoms with Crippen LogP contribution in [0.5, 0.6) is 0 Å². The van der Waals surface area contributed by atoms with Gasteiger partial charge in [0.2, 0.25) is 0 Å². The van der Waals surface area contributed by atoms with Gasteiger partial charge < -0.3 is 11.1 Å². The second kappa shape index (κ2) is 8.61. The monoisotopic (exact) mass is 443 g/mol. The second-order valence-corrected chi connectivity index (χ2v) is 7.56. The van der Waals surface area contributed by atoms with Crippen molar-refractivity contribution in [2.24, 2.45) is 11.7 Å². The van der Waals surface area contributed by atoms with Gasteiger partial charge in [0.25, 0.3) is 5.91 Å². The summed E-state index contributed by atoms with van der Waals surface area (Å²) >= 11 is 6.51. The van der Waals surface area contributed by atoms with Gasteiger partial charge in [-0.2, -0.15) is 0 Å². The minimum absolute atomic E-state index is 0. The van der Waals surface area contributed by atoms with Crippen LogP contribution in [0.15, 0.2) is 21.3 Å². The molecule has 1 atom stereocenters. The lowest BCUT2D eigenvalue weighted by Crippen LogP contribution is -2.38. The van der Waals surface area contributed by atoms with Crippen LogP contribution in [0.1, 0.15) is 23.3 Å². The zero-order valence-electron chi connectivity index (χ0n) is 11.5. The van der Waals surface area contributed by atoms with Crippen molar-refractivity contribution in [3.8, 4) is 9.88 Å². The fraction of sp³-hybridized carbons (Fsp3) is 0.385. The number of nitrogens with two attached hydrogens (primary N) is 1. The number of hydrogen-bond acceptors (Lipinski definition) is 5. The van der Waals surface area contributed by atoms with Crippen molar-refractivity contribution in [3.63, 3.8) is 0 Å². The summed E-state index contributed by atoms with van der Waals surface area (Å²) in [5.41, 5.74) is 6.44. The highest BCUT2D eigenvalue weighted by atomic mass is 79.9. The van der Waals surface area contributed by atoms with Gasteiger partial charge in [-0.25, -0.2) is 4.98 Å². The Bertz CT molecular complexity index is 630. The summed E-state index contributed by atoms with van der Waals surface area (Å²) < 4.78 is 1.04. The molecule has 3 N–H and O–H groups in total. The van der Waals surface area contributed by atoms with Crippen LogP contribution in [-0.4, -0.2) is 23.5 Å². The van der Waals surface area contributed by atoms with E-state index in [1.165, 1.54) is 24.2 Å². The van der Waals surface area contributed by atoms with Crippen LogP contribution in [0.3, 0.4) is 0 Å². The molecule has 0 aromatic carbocycles. The van der Waals surface area contributed by atoms with Crippen LogP contribution in [0.4, 0.5) is 0 Å². The molecule has 3 rings (SSSR count). The normalized spacial score (nSPS) is 14.6. The predicted octanol–water partition coefficient (Wildman–Crippen LogP) is 3.94.